The van der Waals surface area contributed by atoms with Crippen LogP contribution in [-0.2, 0) is 6.42 Å². The van der Waals surface area contributed by atoms with Crippen molar-refractivity contribution in [3.8, 4) is 0 Å². The van der Waals surface area contributed by atoms with Crippen LogP contribution in [0.1, 0.15) is 32.3 Å². The van der Waals surface area contributed by atoms with E-state index in [1.165, 1.54) is 0 Å². The Hall–Kier alpha value is 0.340. The average molecular weight is 329 g/mol. The molecule has 0 atom stereocenters. The maximum absolute atomic E-state index is 6.18. The summed E-state index contributed by atoms with van der Waals surface area (Å²) in [5, 5.41) is 1.78. The molecule has 0 aromatic heterocycles. The summed E-state index contributed by atoms with van der Waals surface area (Å²) in [5.74, 6) is 0. The molecule has 0 amide bonds. The van der Waals surface area contributed by atoms with Gasteiger partial charge in [-0.15, -0.1) is 0 Å². The van der Waals surface area contributed by atoms with Crippen LogP contribution in [0.5, 0.6) is 0 Å². The fourth-order valence-corrected chi connectivity index (χ4v) is 2.93. The Balaban J connectivity index is 2.89. The van der Waals surface area contributed by atoms with Crippen LogP contribution >= 0.6 is 46.4 Å². The van der Waals surface area contributed by atoms with Crippen LogP contribution in [-0.4, -0.2) is 6.54 Å². The highest BCUT2D eigenvalue weighted by Crippen LogP contribution is 2.39. The molecule has 0 heterocycles. The fourth-order valence-electron chi connectivity index (χ4n) is 1.81. The van der Waals surface area contributed by atoms with Gasteiger partial charge in [0.05, 0.1) is 15.1 Å². The van der Waals surface area contributed by atoms with E-state index >= 15 is 0 Å². The van der Waals surface area contributed by atoms with E-state index in [0.717, 1.165) is 24.8 Å². The number of nitrogens with two attached hydrogens (primary N) is 1. The number of halogens is 4. The van der Waals surface area contributed by atoms with Gasteiger partial charge in [0.15, 0.2) is 0 Å². The lowest BCUT2D eigenvalue weighted by Gasteiger charge is -2.24. The lowest BCUT2D eigenvalue weighted by Crippen LogP contribution is -2.18. The average Bonchev–Trinajstić information content (AvgIpc) is 2.25. The van der Waals surface area contributed by atoms with Crippen LogP contribution < -0.4 is 5.73 Å². The van der Waals surface area contributed by atoms with Gasteiger partial charge in [-0.25, -0.2) is 0 Å². The SMILES string of the molecule is CC(C)(CCN)CCc1c(Cl)cc(Cl)c(Cl)c1Cl. The largest absolute Gasteiger partial charge is 0.330 e. The highest BCUT2D eigenvalue weighted by atomic mass is 35.5. The van der Waals surface area contributed by atoms with Crippen molar-refractivity contribution in [1.82, 2.24) is 0 Å². The standard InChI is InChI=1S/C13H17Cl4N/c1-13(2,5-6-18)4-3-8-9(14)7-10(15)12(17)11(8)16/h7H,3-6,18H2,1-2H3. The second-order valence-corrected chi connectivity index (χ2v) is 6.72. The van der Waals surface area contributed by atoms with Crippen LogP contribution in [0.3, 0.4) is 0 Å². The fraction of sp³-hybridized carbons (Fsp3) is 0.538. The van der Waals surface area contributed by atoms with Gasteiger partial charge in [-0.1, -0.05) is 60.3 Å². The number of hydrogen-bond acceptors (Lipinski definition) is 1. The molecule has 0 aliphatic heterocycles. The van der Waals surface area contributed by atoms with E-state index in [4.69, 9.17) is 52.1 Å². The van der Waals surface area contributed by atoms with Gasteiger partial charge in [0.2, 0.25) is 0 Å². The van der Waals surface area contributed by atoms with Gasteiger partial charge in [0, 0.05) is 5.02 Å². The molecule has 5 heteroatoms. The molecule has 0 unspecified atom stereocenters. The van der Waals surface area contributed by atoms with Crippen LogP contribution in [0.15, 0.2) is 6.07 Å². The van der Waals surface area contributed by atoms with Crippen LogP contribution in [0, 0.1) is 5.41 Å². The third-order valence-corrected chi connectivity index (χ3v) is 4.72. The highest BCUT2D eigenvalue weighted by Gasteiger charge is 2.20. The van der Waals surface area contributed by atoms with Gasteiger partial charge < -0.3 is 5.73 Å². The molecule has 102 valence electrons. The van der Waals surface area contributed by atoms with E-state index < -0.39 is 0 Å². The normalized spacial score (nSPS) is 11.9. The first kappa shape index (κ1) is 16.4. The van der Waals surface area contributed by atoms with E-state index in [1.807, 2.05) is 0 Å². The Labute approximate surface area is 129 Å². The van der Waals surface area contributed by atoms with E-state index in [1.54, 1.807) is 6.07 Å². The summed E-state index contributed by atoms with van der Waals surface area (Å²) >= 11 is 24.3. The number of benzene rings is 1. The summed E-state index contributed by atoms with van der Waals surface area (Å²) in [6.07, 6.45) is 2.67. The summed E-state index contributed by atoms with van der Waals surface area (Å²) in [5.41, 5.74) is 6.62. The lowest BCUT2D eigenvalue weighted by molar-refractivity contribution is 0.313. The Morgan fingerprint density at radius 3 is 2.17 bits per heavy atom. The molecule has 0 aliphatic rings. The molecule has 0 spiro atoms. The highest BCUT2D eigenvalue weighted by molar-refractivity contribution is 6.49. The van der Waals surface area contributed by atoms with E-state index in [-0.39, 0.29) is 5.41 Å². The lowest BCUT2D eigenvalue weighted by atomic mass is 9.83. The van der Waals surface area contributed by atoms with Crippen molar-refractivity contribution >= 4 is 46.4 Å². The molecule has 0 bridgehead atoms. The van der Waals surface area contributed by atoms with Gasteiger partial charge in [-0.05, 0) is 42.9 Å². The predicted molar refractivity (Wildman–Crippen MR) is 82.3 cm³/mol. The third-order valence-electron chi connectivity index (χ3n) is 3.08. The van der Waals surface area contributed by atoms with Gasteiger partial charge in [0.25, 0.3) is 0 Å². The zero-order chi connectivity index (χ0) is 13.9. The zero-order valence-electron chi connectivity index (χ0n) is 10.5. The first-order valence-corrected chi connectivity index (χ1v) is 7.31. The van der Waals surface area contributed by atoms with Crippen molar-refractivity contribution in [2.45, 2.75) is 33.1 Å². The smallest absolute Gasteiger partial charge is 0.0782 e. The minimum Gasteiger partial charge on any atom is -0.330 e. The molecular weight excluding hydrogens is 312 g/mol. The molecule has 1 rings (SSSR count). The zero-order valence-corrected chi connectivity index (χ0v) is 13.5. The van der Waals surface area contributed by atoms with Crippen LogP contribution in [0.25, 0.3) is 0 Å². The maximum atomic E-state index is 6.18. The molecule has 0 saturated carbocycles. The monoisotopic (exact) mass is 327 g/mol. The summed E-state index contributed by atoms with van der Waals surface area (Å²) in [6, 6.07) is 1.64. The maximum Gasteiger partial charge on any atom is 0.0782 e. The molecule has 1 aromatic carbocycles. The van der Waals surface area contributed by atoms with E-state index in [2.05, 4.69) is 13.8 Å². The Morgan fingerprint density at radius 1 is 1.00 bits per heavy atom. The summed E-state index contributed by atoms with van der Waals surface area (Å²) in [6.45, 7) is 5.04. The van der Waals surface area contributed by atoms with Crippen molar-refractivity contribution in [3.05, 3.63) is 31.7 Å². The molecular formula is C13H17Cl4N. The van der Waals surface area contributed by atoms with Gasteiger partial charge >= 0.3 is 0 Å². The number of rotatable bonds is 5. The van der Waals surface area contributed by atoms with E-state index in [9.17, 15) is 0 Å². The molecule has 1 nitrogen and oxygen atoms in total. The molecule has 2 N–H and O–H groups in total. The second-order valence-electron chi connectivity index (χ2n) is 5.15. The first-order valence-electron chi connectivity index (χ1n) is 5.80. The minimum absolute atomic E-state index is 0.160. The molecule has 1 aromatic rings. The minimum atomic E-state index is 0.160. The first-order chi connectivity index (χ1) is 8.28. The molecule has 0 radical (unpaired) electrons. The molecule has 18 heavy (non-hydrogen) atoms. The quantitative estimate of drug-likeness (QED) is 0.552. The topological polar surface area (TPSA) is 26.0 Å². The van der Waals surface area contributed by atoms with Crippen molar-refractivity contribution < 1.29 is 0 Å². The van der Waals surface area contributed by atoms with Crippen LogP contribution in [0.4, 0.5) is 0 Å². The summed E-state index contributed by atoms with van der Waals surface area (Å²) in [7, 11) is 0. The number of hydrogen-bond donors (Lipinski definition) is 1. The summed E-state index contributed by atoms with van der Waals surface area (Å²) in [4.78, 5) is 0. The van der Waals surface area contributed by atoms with Crippen molar-refractivity contribution in [2.24, 2.45) is 11.1 Å². The molecule has 0 saturated heterocycles. The van der Waals surface area contributed by atoms with Gasteiger partial charge in [0.1, 0.15) is 0 Å². The third kappa shape index (κ3) is 4.18. The van der Waals surface area contributed by atoms with Crippen LogP contribution in [0.2, 0.25) is 20.1 Å². The Bertz CT molecular complexity index is 429. The molecule has 0 fully saturated rings. The van der Waals surface area contributed by atoms with Crippen molar-refractivity contribution in [2.75, 3.05) is 6.54 Å². The Morgan fingerprint density at radius 2 is 1.61 bits per heavy atom. The van der Waals surface area contributed by atoms with Crippen molar-refractivity contribution in [3.63, 3.8) is 0 Å². The Kier molecular flexibility index (Phi) is 6.08. The summed E-state index contributed by atoms with van der Waals surface area (Å²) < 4.78 is 0. The molecule has 0 aliphatic carbocycles. The van der Waals surface area contributed by atoms with Crippen molar-refractivity contribution in [1.29, 1.82) is 0 Å². The second kappa shape index (κ2) is 6.67. The predicted octanol–water partition coefficient (Wildman–Crippen LogP) is 5.61. The van der Waals surface area contributed by atoms with Gasteiger partial charge in [-0.2, -0.15) is 0 Å². The van der Waals surface area contributed by atoms with E-state index in [0.29, 0.717) is 26.6 Å². The van der Waals surface area contributed by atoms with Gasteiger partial charge in [-0.3, -0.25) is 0 Å².